The Morgan fingerprint density at radius 1 is 1.24 bits per heavy atom. The number of aryl methyl sites for hydroxylation is 1. The topological polar surface area (TPSA) is 64.8 Å². The van der Waals surface area contributed by atoms with Crippen LogP contribution in [0, 0.1) is 6.92 Å². The molecular formula is C20H24N2O3. The van der Waals surface area contributed by atoms with E-state index in [1.165, 1.54) is 5.56 Å². The maximum Gasteiger partial charge on any atom is 0.237 e. The van der Waals surface area contributed by atoms with Gasteiger partial charge in [-0.05, 0) is 30.2 Å². The molecule has 132 valence electrons. The molecule has 0 unspecified atom stereocenters. The average Bonchev–Trinajstić information content (AvgIpc) is 2.61. The molecule has 0 aliphatic carbocycles. The Morgan fingerprint density at radius 2 is 2.04 bits per heavy atom. The van der Waals surface area contributed by atoms with Gasteiger partial charge < -0.3 is 15.2 Å². The molecule has 0 radical (unpaired) electrons. The lowest BCUT2D eigenvalue weighted by Crippen LogP contribution is -2.51. The van der Waals surface area contributed by atoms with Gasteiger partial charge in [-0.2, -0.15) is 0 Å². The van der Waals surface area contributed by atoms with Gasteiger partial charge in [-0.15, -0.1) is 0 Å². The monoisotopic (exact) mass is 340 g/mol. The zero-order valence-electron chi connectivity index (χ0n) is 14.5. The number of primary amides is 1. The van der Waals surface area contributed by atoms with Crippen molar-refractivity contribution >= 4 is 5.91 Å². The normalized spacial score (nSPS) is 18.0. The molecule has 25 heavy (non-hydrogen) atoms. The number of hydrogen-bond acceptors (Lipinski definition) is 4. The smallest absolute Gasteiger partial charge is 0.237 e. The van der Waals surface area contributed by atoms with E-state index in [1.807, 2.05) is 30.3 Å². The van der Waals surface area contributed by atoms with E-state index in [4.69, 9.17) is 15.2 Å². The van der Waals surface area contributed by atoms with Gasteiger partial charge in [0.25, 0.3) is 0 Å². The van der Waals surface area contributed by atoms with Crippen molar-refractivity contribution in [1.29, 1.82) is 0 Å². The Kier molecular flexibility index (Phi) is 5.68. The van der Waals surface area contributed by atoms with Gasteiger partial charge in [0, 0.05) is 13.1 Å². The van der Waals surface area contributed by atoms with Crippen LogP contribution in [-0.4, -0.2) is 36.6 Å². The lowest BCUT2D eigenvalue weighted by Gasteiger charge is -2.33. The fourth-order valence-electron chi connectivity index (χ4n) is 2.98. The van der Waals surface area contributed by atoms with E-state index in [0.717, 1.165) is 16.9 Å². The van der Waals surface area contributed by atoms with Crippen LogP contribution in [0.3, 0.4) is 0 Å². The van der Waals surface area contributed by atoms with Crippen molar-refractivity contribution in [2.45, 2.75) is 26.1 Å². The van der Waals surface area contributed by atoms with E-state index in [-0.39, 0.29) is 11.9 Å². The van der Waals surface area contributed by atoms with Crippen molar-refractivity contribution in [3.8, 4) is 5.75 Å². The summed E-state index contributed by atoms with van der Waals surface area (Å²) >= 11 is 0. The van der Waals surface area contributed by atoms with E-state index in [0.29, 0.717) is 32.9 Å². The largest absolute Gasteiger partial charge is 0.489 e. The predicted octanol–water partition coefficient (Wildman–Crippen LogP) is 2.26. The maximum absolute atomic E-state index is 11.5. The predicted molar refractivity (Wildman–Crippen MR) is 96.2 cm³/mol. The van der Waals surface area contributed by atoms with Gasteiger partial charge in [-0.25, -0.2) is 0 Å². The molecule has 1 aliphatic rings. The zero-order chi connectivity index (χ0) is 17.6. The first kappa shape index (κ1) is 17.5. The van der Waals surface area contributed by atoms with Crippen LogP contribution in [0.25, 0.3) is 0 Å². The van der Waals surface area contributed by atoms with E-state index in [9.17, 15) is 4.79 Å². The molecular weight excluding hydrogens is 316 g/mol. The molecule has 1 fully saturated rings. The molecule has 1 atom stereocenters. The van der Waals surface area contributed by atoms with Crippen molar-refractivity contribution in [2.75, 3.05) is 19.8 Å². The lowest BCUT2D eigenvalue weighted by atomic mass is 10.1. The number of nitrogens with two attached hydrogens (primary N) is 1. The highest BCUT2D eigenvalue weighted by atomic mass is 16.5. The summed E-state index contributed by atoms with van der Waals surface area (Å²) in [5.74, 6) is 0.497. The highest BCUT2D eigenvalue weighted by Gasteiger charge is 2.27. The number of rotatable bonds is 6. The van der Waals surface area contributed by atoms with E-state index in [2.05, 4.69) is 30.0 Å². The molecule has 0 saturated carbocycles. The van der Waals surface area contributed by atoms with Crippen LogP contribution >= 0.6 is 0 Å². The molecule has 5 nitrogen and oxygen atoms in total. The lowest BCUT2D eigenvalue weighted by molar-refractivity contribution is -0.129. The Morgan fingerprint density at radius 3 is 2.76 bits per heavy atom. The summed E-state index contributed by atoms with van der Waals surface area (Å²) in [5, 5.41) is 0. The number of hydrogen-bond donors (Lipinski definition) is 1. The minimum Gasteiger partial charge on any atom is -0.489 e. The molecule has 1 amide bonds. The fourth-order valence-corrected chi connectivity index (χ4v) is 2.98. The minimum atomic E-state index is -0.356. The van der Waals surface area contributed by atoms with Crippen LogP contribution in [0.2, 0.25) is 0 Å². The first-order valence-electron chi connectivity index (χ1n) is 8.50. The van der Waals surface area contributed by atoms with E-state index < -0.39 is 0 Å². The number of amides is 1. The van der Waals surface area contributed by atoms with Crippen molar-refractivity contribution in [3.63, 3.8) is 0 Å². The maximum atomic E-state index is 11.5. The Hall–Kier alpha value is -2.37. The molecule has 3 rings (SSSR count). The van der Waals surface area contributed by atoms with Crippen LogP contribution in [0.15, 0.2) is 48.5 Å². The number of nitrogens with zero attached hydrogens (tertiary/aromatic N) is 1. The third kappa shape index (κ3) is 4.81. The van der Waals surface area contributed by atoms with Crippen molar-refractivity contribution in [3.05, 3.63) is 65.2 Å². The third-order valence-electron chi connectivity index (χ3n) is 4.36. The highest BCUT2D eigenvalue weighted by molar-refractivity contribution is 5.80. The van der Waals surface area contributed by atoms with Crippen molar-refractivity contribution < 1.29 is 14.3 Å². The molecule has 0 aromatic heterocycles. The van der Waals surface area contributed by atoms with Gasteiger partial charge in [0.15, 0.2) is 0 Å². The summed E-state index contributed by atoms with van der Waals surface area (Å²) in [6, 6.07) is 15.9. The summed E-state index contributed by atoms with van der Waals surface area (Å²) in [7, 11) is 0. The number of carbonyl (C=O) groups excluding carboxylic acids is 1. The van der Waals surface area contributed by atoms with E-state index >= 15 is 0 Å². The van der Waals surface area contributed by atoms with Crippen LogP contribution < -0.4 is 10.5 Å². The number of carbonyl (C=O) groups is 1. The molecule has 5 heteroatoms. The second-order valence-corrected chi connectivity index (χ2v) is 6.39. The molecule has 0 spiro atoms. The van der Waals surface area contributed by atoms with Gasteiger partial charge in [-0.3, -0.25) is 9.69 Å². The van der Waals surface area contributed by atoms with Crippen LogP contribution in [0.5, 0.6) is 5.75 Å². The summed E-state index contributed by atoms with van der Waals surface area (Å²) in [5.41, 5.74) is 8.96. The second kappa shape index (κ2) is 8.14. The molecule has 1 saturated heterocycles. The number of benzene rings is 2. The van der Waals surface area contributed by atoms with Gasteiger partial charge in [0.1, 0.15) is 18.4 Å². The molecule has 2 N–H and O–H groups in total. The van der Waals surface area contributed by atoms with Crippen LogP contribution in [0.1, 0.15) is 16.7 Å². The number of ether oxygens (including phenoxy) is 2. The standard InChI is InChI=1S/C20H24N2O3/c1-15-3-2-4-17(11-15)13-25-18-7-5-16(6-8-18)12-22-9-10-24-14-19(22)20(21)23/h2-8,11,19H,9-10,12-14H2,1H3,(H2,21,23)/t19-/m0/s1. The van der Waals surface area contributed by atoms with Crippen LogP contribution in [-0.2, 0) is 22.7 Å². The average molecular weight is 340 g/mol. The summed E-state index contributed by atoms with van der Waals surface area (Å²) < 4.78 is 11.2. The molecule has 2 aromatic rings. The van der Waals surface area contributed by atoms with Gasteiger partial charge in [-0.1, -0.05) is 42.0 Å². The van der Waals surface area contributed by atoms with Gasteiger partial charge >= 0.3 is 0 Å². The zero-order valence-corrected chi connectivity index (χ0v) is 14.5. The van der Waals surface area contributed by atoms with E-state index in [1.54, 1.807) is 0 Å². The Labute approximate surface area is 148 Å². The fraction of sp³-hybridized carbons (Fsp3) is 0.350. The second-order valence-electron chi connectivity index (χ2n) is 6.39. The quantitative estimate of drug-likeness (QED) is 0.876. The molecule has 2 aromatic carbocycles. The molecule has 0 bridgehead atoms. The summed E-state index contributed by atoms with van der Waals surface area (Å²) in [6.45, 7) is 5.00. The summed E-state index contributed by atoms with van der Waals surface area (Å²) in [6.07, 6.45) is 0. The highest BCUT2D eigenvalue weighted by Crippen LogP contribution is 2.18. The third-order valence-corrected chi connectivity index (χ3v) is 4.36. The Balaban J connectivity index is 1.57. The minimum absolute atomic E-state index is 0.335. The Bertz CT molecular complexity index is 715. The molecule has 1 aliphatic heterocycles. The van der Waals surface area contributed by atoms with Crippen molar-refractivity contribution in [1.82, 2.24) is 4.90 Å². The first-order valence-corrected chi connectivity index (χ1v) is 8.50. The SMILES string of the molecule is Cc1cccc(COc2ccc(CN3CCOC[C@H]3C(N)=O)cc2)c1. The first-order chi connectivity index (χ1) is 12.1. The van der Waals surface area contributed by atoms with Gasteiger partial charge in [0.2, 0.25) is 5.91 Å². The number of morpholine rings is 1. The van der Waals surface area contributed by atoms with Crippen LogP contribution in [0.4, 0.5) is 0 Å². The summed E-state index contributed by atoms with van der Waals surface area (Å²) in [4.78, 5) is 13.6. The van der Waals surface area contributed by atoms with Gasteiger partial charge in [0.05, 0.1) is 13.2 Å². The van der Waals surface area contributed by atoms with Crippen molar-refractivity contribution in [2.24, 2.45) is 5.73 Å². The molecule has 1 heterocycles.